The van der Waals surface area contributed by atoms with Crippen LogP contribution in [-0.4, -0.2) is 29.8 Å². The van der Waals surface area contributed by atoms with Crippen LogP contribution < -0.4 is 16.4 Å². The Morgan fingerprint density at radius 2 is 1.81 bits per heavy atom. The third-order valence-electron chi connectivity index (χ3n) is 2.96. The van der Waals surface area contributed by atoms with Crippen molar-refractivity contribution in [2.75, 3.05) is 0 Å². The Hall–Kier alpha value is -1.85. The molecule has 0 rings (SSSR count). The van der Waals surface area contributed by atoms with Crippen LogP contribution in [0.5, 0.6) is 0 Å². The molecule has 0 fully saturated rings. The van der Waals surface area contributed by atoms with Gasteiger partial charge in [-0.05, 0) is 31.6 Å². The number of nitrogens with two attached hydrogens (primary N) is 1. The molecule has 3 amide bonds. The van der Waals surface area contributed by atoms with Crippen LogP contribution in [0.3, 0.4) is 0 Å². The molecule has 0 unspecified atom stereocenters. The predicted molar refractivity (Wildman–Crippen MR) is 82.2 cm³/mol. The predicted octanol–water partition coefficient (Wildman–Crippen LogP) is 0.864. The topological polar surface area (TPSA) is 101 Å². The molecule has 0 radical (unpaired) electrons. The summed E-state index contributed by atoms with van der Waals surface area (Å²) in [5.74, 6) is -0.988. The van der Waals surface area contributed by atoms with E-state index in [0.717, 1.165) is 6.42 Å². The Kier molecular flexibility index (Phi) is 9.08. The minimum atomic E-state index is -0.721. The summed E-state index contributed by atoms with van der Waals surface area (Å²) in [4.78, 5) is 34.8. The average molecular weight is 297 g/mol. The maximum absolute atomic E-state index is 12.2. The Labute approximate surface area is 126 Å². The van der Waals surface area contributed by atoms with Gasteiger partial charge in [0.25, 0.3) is 0 Å². The molecule has 0 aliphatic rings. The zero-order valence-electron chi connectivity index (χ0n) is 13.1. The van der Waals surface area contributed by atoms with Gasteiger partial charge in [0.15, 0.2) is 0 Å². The molecule has 0 aromatic heterocycles. The minimum Gasteiger partial charge on any atom is -0.368 e. The van der Waals surface area contributed by atoms with Gasteiger partial charge in [0.1, 0.15) is 12.1 Å². The van der Waals surface area contributed by atoms with Gasteiger partial charge >= 0.3 is 0 Å². The number of hydrogen-bond acceptors (Lipinski definition) is 3. The highest BCUT2D eigenvalue weighted by molar-refractivity contribution is 5.91. The molecular formula is C15H27N3O3. The van der Waals surface area contributed by atoms with Crippen LogP contribution in [0.4, 0.5) is 0 Å². The first kappa shape index (κ1) is 19.1. The van der Waals surface area contributed by atoms with Crippen LogP contribution >= 0.6 is 0 Å². The van der Waals surface area contributed by atoms with E-state index in [1.165, 1.54) is 6.92 Å². The lowest BCUT2D eigenvalue weighted by molar-refractivity contribution is -0.131. The molecule has 4 N–H and O–H groups in total. The van der Waals surface area contributed by atoms with Crippen molar-refractivity contribution in [3.05, 3.63) is 12.7 Å². The second-order valence-electron chi connectivity index (χ2n) is 5.57. The lowest BCUT2D eigenvalue weighted by Gasteiger charge is -2.22. The molecule has 0 saturated carbocycles. The van der Waals surface area contributed by atoms with Crippen molar-refractivity contribution >= 4 is 17.7 Å². The van der Waals surface area contributed by atoms with Crippen LogP contribution in [0.1, 0.15) is 46.5 Å². The molecule has 0 aromatic carbocycles. The number of primary amides is 1. The van der Waals surface area contributed by atoms with Crippen LogP contribution in [-0.2, 0) is 14.4 Å². The highest BCUT2D eigenvalue weighted by atomic mass is 16.2. The molecule has 0 saturated heterocycles. The van der Waals surface area contributed by atoms with Gasteiger partial charge in [-0.15, -0.1) is 6.58 Å². The monoisotopic (exact) mass is 297 g/mol. The van der Waals surface area contributed by atoms with Gasteiger partial charge in [0, 0.05) is 6.92 Å². The fourth-order valence-corrected chi connectivity index (χ4v) is 1.97. The Balaban J connectivity index is 4.68. The fraction of sp³-hybridized carbons (Fsp3) is 0.667. The summed E-state index contributed by atoms with van der Waals surface area (Å²) in [7, 11) is 0. The zero-order valence-corrected chi connectivity index (χ0v) is 13.1. The van der Waals surface area contributed by atoms with E-state index in [2.05, 4.69) is 17.2 Å². The highest BCUT2D eigenvalue weighted by Gasteiger charge is 2.25. The Bertz CT molecular complexity index is 380. The first-order valence-electron chi connectivity index (χ1n) is 7.25. The summed E-state index contributed by atoms with van der Waals surface area (Å²) in [5.41, 5.74) is 5.30. The van der Waals surface area contributed by atoms with Gasteiger partial charge < -0.3 is 16.4 Å². The molecular weight excluding hydrogens is 270 g/mol. The SMILES string of the molecule is C=CCCC[C@H](NC(=O)[C@H](CC(C)C)NC(C)=O)C(N)=O. The highest BCUT2D eigenvalue weighted by Crippen LogP contribution is 2.07. The molecule has 120 valence electrons. The van der Waals surface area contributed by atoms with Crippen molar-refractivity contribution in [1.29, 1.82) is 0 Å². The zero-order chi connectivity index (χ0) is 16.4. The van der Waals surface area contributed by atoms with Crippen molar-refractivity contribution in [2.24, 2.45) is 11.7 Å². The molecule has 0 spiro atoms. The third-order valence-corrected chi connectivity index (χ3v) is 2.96. The first-order chi connectivity index (χ1) is 9.77. The fourth-order valence-electron chi connectivity index (χ4n) is 1.97. The summed E-state index contributed by atoms with van der Waals surface area (Å²) in [6.07, 6.45) is 4.18. The van der Waals surface area contributed by atoms with Crippen molar-refractivity contribution < 1.29 is 14.4 Å². The van der Waals surface area contributed by atoms with Gasteiger partial charge in [-0.3, -0.25) is 14.4 Å². The van der Waals surface area contributed by atoms with Gasteiger partial charge in [-0.25, -0.2) is 0 Å². The van der Waals surface area contributed by atoms with E-state index < -0.39 is 18.0 Å². The van der Waals surface area contributed by atoms with E-state index in [4.69, 9.17) is 5.73 Å². The van der Waals surface area contributed by atoms with Gasteiger partial charge in [0.2, 0.25) is 17.7 Å². The number of unbranched alkanes of at least 4 members (excludes halogenated alkanes) is 1. The van der Waals surface area contributed by atoms with E-state index in [9.17, 15) is 14.4 Å². The first-order valence-corrected chi connectivity index (χ1v) is 7.25. The van der Waals surface area contributed by atoms with E-state index in [1.807, 2.05) is 13.8 Å². The van der Waals surface area contributed by atoms with Crippen molar-refractivity contribution in [2.45, 2.75) is 58.5 Å². The molecule has 2 atom stereocenters. The second kappa shape index (κ2) is 9.96. The molecule has 6 nitrogen and oxygen atoms in total. The lowest BCUT2D eigenvalue weighted by atomic mass is 10.0. The van der Waals surface area contributed by atoms with Gasteiger partial charge in [0.05, 0.1) is 0 Å². The number of allylic oxidation sites excluding steroid dienone is 1. The number of rotatable bonds is 10. The van der Waals surface area contributed by atoms with Crippen LogP contribution in [0.25, 0.3) is 0 Å². The molecule has 0 bridgehead atoms. The average Bonchev–Trinajstić information content (AvgIpc) is 2.35. The quantitative estimate of drug-likeness (QED) is 0.412. The normalized spacial score (nSPS) is 13.3. The maximum Gasteiger partial charge on any atom is 0.243 e. The van der Waals surface area contributed by atoms with Crippen LogP contribution in [0.15, 0.2) is 12.7 Å². The summed E-state index contributed by atoms with van der Waals surface area (Å²) in [5, 5.41) is 5.23. The molecule has 6 heteroatoms. The van der Waals surface area contributed by atoms with Gasteiger partial charge in [-0.1, -0.05) is 19.9 Å². The summed E-state index contributed by atoms with van der Waals surface area (Å²) in [6.45, 7) is 8.88. The second-order valence-corrected chi connectivity index (χ2v) is 5.57. The molecule has 0 aliphatic heterocycles. The van der Waals surface area contributed by atoms with E-state index >= 15 is 0 Å². The maximum atomic E-state index is 12.2. The summed E-state index contributed by atoms with van der Waals surface area (Å²) < 4.78 is 0. The van der Waals surface area contributed by atoms with Gasteiger partial charge in [-0.2, -0.15) is 0 Å². The standard InChI is InChI=1S/C15H27N3O3/c1-5-6-7-8-12(14(16)20)18-15(21)13(9-10(2)3)17-11(4)19/h5,10,12-13H,1,6-9H2,2-4H3,(H2,16,20)(H,17,19)(H,18,21)/t12-,13-/m0/s1. The largest absolute Gasteiger partial charge is 0.368 e. The molecule has 21 heavy (non-hydrogen) atoms. The number of carbonyl (C=O) groups is 3. The third kappa shape index (κ3) is 8.83. The van der Waals surface area contributed by atoms with E-state index in [0.29, 0.717) is 19.3 Å². The van der Waals surface area contributed by atoms with Crippen molar-refractivity contribution in [3.63, 3.8) is 0 Å². The van der Waals surface area contributed by atoms with Crippen molar-refractivity contribution in [3.8, 4) is 0 Å². The lowest BCUT2D eigenvalue weighted by Crippen LogP contribution is -2.53. The van der Waals surface area contributed by atoms with Crippen LogP contribution in [0, 0.1) is 5.92 Å². The van der Waals surface area contributed by atoms with E-state index in [1.54, 1.807) is 6.08 Å². The molecule has 0 heterocycles. The van der Waals surface area contributed by atoms with Crippen LogP contribution in [0.2, 0.25) is 0 Å². The number of carbonyl (C=O) groups excluding carboxylic acids is 3. The van der Waals surface area contributed by atoms with Crippen molar-refractivity contribution in [1.82, 2.24) is 10.6 Å². The summed E-state index contributed by atoms with van der Waals surface area (Å²) >= 11 is 0. The minimum absolute atomic E-state index is 0.236. The number of nitrogens with one attached hydrogen (secondary N) is 2. The molecule has 0 aliphatic carbocycles. The number of hydrogen-bond donors (Lipinski definition) is 3. The Morgan fingerprint density at radius 1 is 1.19 bits per heavy atom. The summed E-state index contributed by atoms with van der Waals surface area (Å²) in [6, 6.07) is -1.37. The number of amides is 3. The van der Waals surface area contributed by atoms with E-state index in [-0.39, 0.29) is 17.7 Å². The smallest absolute Gasteiger partial charge is 0.243 e. The molecule has 0 aromatic rings. The Morgan fingerprint density at radius 3 is 2.24 bits per heavy atom.